The first-order valence-electron chi connectivity index (χ1n) is 6.41. The van der Waals surface area contributed by atoms with Crippen molar-refractivity contribution in [3.05, 3.63) is 17.8 Å². The van der Waals surface area contributed by atoms with Gasteiger partial charge >= 0.3 is 0 Å². The Labute approximate surface area is 106 Å². The third-order valence-corrected chi connectivity index (χ3v) is 3.46. The van der Waals surface area contributed by atoms with Crippen LogP contribution in [-0.4, -0.2) is 27.7 Å². The zero-order valence-corrected chi connectivity index (χ0v) is 10.6. The van der Waals surface area contributed by atoms with Crippen LogP contribution in [0.4, 0.5) is 5.95 Å². The Kier molecular flexibility index (Phi) is 2.91. The van der Waals surface area contributed by atoms with Gasteiger partial charge in [-0.2, -0.15) is 0 Å². The third kappa shape index (κ3) is 2.06. The van der Waals surface area contributed by atoms with Gasteiger partial charge in [-0.15, -0.1) is 0 Å². The van der Waals surface area contributed by atoms with Crippen LogP contribution in [0.15, 0.2) is 12.1 Å². The molecule has 0 amide bonds. The summed E-state index contributed by atoms with van der Waals surface area (Å²) in [5.74, 6) is 1.06. The van der Waals surface area contributed by atoms with Crippen molar-refractivity contribution in [3.8, 4) is 0 Å². The lowest BCUT2D eigenvalue weighted by atomic mass is 10.0. The first-order valence-corrected chi connectivity index (χ1v) is 6.41. The molecule has 1 fully saturated rings. The summed E-state index contributed by atoms with van der Waals surface area (Å²) >= 11 is 0. The van der Waals surface area contributed by atoms with E-state index >= 15 is 0 Å². The van der Waals surface area contributed by atoms with Crippen molar-refractivity contribution in [2.45, 2.75) is 26.3 Å². The summed E-state index contributed by atoms with van der Waals surface area (Å²) in [6.07, 6.45) is 2.31. The maximum Gasteiger partial charge on any atom is 0.202 e. The van der Waals surface area contributed by atoms with Crippen molar-refractivity contribution in [1.82, 2.24) is 14.5 Å². The zero-order valence-electron chi connectivity index (χ0n) is 10.6. The molecule has 1 atom stereocenters. The molecule has 2 aromatic rings. The number of nitrogens with zero attached hydrogens (tertiary/aromatic N) is 3. The molecule has 1 aliphatic heterocycles. The molecule has 0 aliphatic carbocycles. The Balaban J connectivity index is 1.94. The summed E-state index contributed by atoms with van der Waals surface area (Å²) in [5.41, 5.74) is 8.74. The lowest BCUT2D eigenvalue weighted by Crippen LogP contribution is -2.22. The summed E-state index contributed by atoms with van der Waals surface area (Å²) in [6.45, 7) is 4.52. The molecule has 18 heavy (non-hydrogen) atoms. The number of imidazole rings is 1. The highest BCUT2D eigenvalue weighted by molar-refractivity contribution is 5.74. The highest BCUT2D eigenvalue weighted by Gasteiger charge is 2.18. The molecule has 3 rings (SSSR count). The molecule has 0 saturated carbocycles. The maximum atomic E-state index is 5.99. The lowest BCUT2D eigenvalue weighted by molar-refractivity contribution is 0.0489. The van der Waals surface area contributed by atoms with Gasteiger partial charge in [-0.1, -0.05) is 0 Å². The highest BCUT2D eigenvalue weighted by atomic mass is 16.5. The van der Waals surface area contributed by atoms with E-state index in [4.69, 9.17) is 10.5 Å². The lowest BCUT2D eigenvalue weighted by Gasteiger charge is -2.22. The largest absolute Gasteiger partial charge is 0.381 e. The van der Waals surface area contributed by atoms with E-state index in [1.807, 2.05) is 23.6 Å². The molecule has 2 N–H and O–H groups in total. The van der Waals surface area contributed by atoms with E-state index in [-0.39, 0.29) is 0 Å². The summed E-state index contributed by atoms with van der Waals surface area (Å²) in [6, 6.07) is 3.94. The number of ether oxygens (including phenoxy) is 1. The molecule has 2 aromatic heterocycles. The fraction of sp³-hybridized carbons (Fsp3) is 0.538. The van der Waals surface area contributed by atoms with Crippen LogP contribution in [0.3, 0.4) is 0 Å². The second-order valence-corrected chi connectivity index (χ2v) is 4.96. The molecule has 1 saturated heterocycles. The molecule has 3 heterocycles. The van der Waals surface area contributed by atoms with Crippen LogP contribution in [0, 0.1) is 12.8 Å². The molecular formula is C13H18N4O. The molecule has 0 radical (unpaired) electrons. The number of fused-ring (bicyclic) bond motifs is 1. The Morgan fingerprint density at radius 1 is 1.44 bits per heavy atom. The summed E-state index contributed by atoms with van der Waals surface area (Å²) in [7, 11) is 0. The van der Waals surface area contributed by atoms with Crippen molar-refractivity contribution in [2.75, 3.05) is 18.9 Å². The van der Waals surface area contributed by atoms with Crippen molar-refractivity contribution in [2.24, 2.45) is 5.92 Å². The quantitative estimate of drug-likeness (QED) is 0.876. The average molecular weight is 246 g/mol. The number of nitrogen functional groups attached to an aromatic ring is 1. The SMILES string of the molecule is Cc1ccc2nc(N)n(CC3CCCOC3)c2n1. The van der Waals surface area contributed by atoms with E-state index in [0.29, 0.717) is 11.9 Å². The highest BCUT2D eigenvalue weighted by Crippen LogP contribution is 2.21. The average Bonchev–Trinajstić information content (AvgIpc) is 2.67. The van der Waals surface area contributed by atoms with Crippen LogP contribution in [0.1, 0.15) is 18.5 Å². The van der Waals surface area contributed by atoms with E-state index in [1.165, 1.54) is 6.42 Å². The van der Waals surface area contributed by atoms with Gasteiger partial charge < -0.3 is 10.5 Å². The van der Waals surface area contributed by atoms with Crippen molar-refractivity contribution in [3.63, 3.8) is 0 Å². The van der Waals surface area contributed by atoms with E-state index in [2.05, 4.69) is 9.97 Å². The third-order valence-electron chi connectivity index (χ3n) is 3.46. The Morgan fingerprint density at radius 2 is 2.33 bits per heavy atom. The van der Waals surface area contributed by atoms with Crippen LogP contribution in [0.2, 0.25) is 0 Å². The minimum Gasteiger partial charge on any atom is -0.381 e. The Bertz CT molecular complexity index is 557. The van der Waals surface area contributed by atoms with Gasteiger partial charge in [0, 0.05) is 24.8 Å². The zero-order chi connectivity index (χ0) is 12.5. The number of pyridine rings is 1. The summed E-state index contributed by atoms with van der Waals surface area (Å²) in [4.78, 5) is 8.90. The topological polar surface area (TPSA) is 66.0 Å². The number of hydrogen-bond acceptors (Lipinski definition) is 4. The molecule has 1 aliphatic rings. The standard InChI is InChI=1S/C13H18N4O/c1-9-4-5-11-12(15-9)17(13(14)16-11)7-10-3-2-6-18-8-10/h4-5,10H,2-3,6-8H2,1H3,(H2,14,16). The van der Waals surface area contributed by atoms with Crippen molar-refractivity contribution >= 4 is 17.1 Å². The van der Waals surface area contributed by atoms with Gasteiger partial charge in [0.1, 0.15) is 5.52 Å². The first kappa shape index (κ1) is 11.5. The molecule has 0 aromatic carbocycles. The predicted molar refractivity (Wildman–Crippen MR) is 70.2 cm³/mol. The van der Waals surface area contributed by atoms with E-state index in [9.17, 15) is 0 Å². The monoisotopic (exact) mass is 246 g/mol. The predicted octanol–water partition coefficient (Wildman–Crippen LogP) is 1.75. The van der Waals surface area contributed by atoms with E-state index in [0.717, 1.165) is 43.0 Å². The summed E-state index contributed by atoms with van der Waals surface area (Å²) < 4.78 is 7.53. The fourth-order valence-corrected chi connectivity index (χ4v) is 2.50. The number of aromatic nitrogens is 3. The summed E-state index contributed by atoms with van der Waals surface area (Å²) in [5, 5.41) is 0. The van der Waals surface area contributed by atoms with Gasteiger partial charge in [0.05, 0.1) is 6.61 Å². The molecule has 0 spiro atoms. The van der Waals surface area contributed by atoms with Crippen molar-refractivity contribution < 1.29 is 4.74 Å². The van der Waals surface area contributed by atoms with E-state index < -0.39 is 0 Å². The second-order valence-electron chi connectivity index (χ2n) is 4.96. The normalized spacial score (nSPS) is 20.4. The van der Waals surface area contributed by atoms with Crippen LogP contribution >= 0.6 is 0 Å². The Hall–Kier alpha value is -1.62. The molecule has 0 bridgehead atoms. The smallest absolute Gasteiger partial charge is 0.202 e. The number of aryl methyl sites for hydroxylation is 1. The maximum absolute atomic E-state index is 5.99. The first-order chi connectivity index (χ1) is 8.74. The molecule has 5 heteroatoms. The second kappa shape index (κ2) is 4.57. The van der Waals surface area contributed by atoms with E-state index in [1.54, 1.807) is 0 Å². The van der Waals surface area contributed by atoms with Crippen LogP contribution in [0.5, 0.6) is 0 Å². The molecule has 96 valence electrons. The van der Waals surface area contributed by atoms with Crippen LogP contribution in [-0.2, 0) is 11.3 Å². The van der Waals surface area contributed by atoms with Gasteiger partial charge in [-0.05, 0) is 31.9 Å². The molecule has 1 unspecified atom stereocenters. The minimum absolute atomic E-state index is 0.515. The number of nitrogens with two attached hydrogens (primary N) is 1. The number of rotatable bonds is 2. The van der Waals surface area contributed by atoms with Gasteiger partial charge in [-0.3, -0.25) is 4.57 Å². The van der Waals surface area contributed by atoms with Gasteiger partial charge in [0.25, 0.3) is 0 Å². The number of anilines is 1. The van der Waals surface area contributed by atoms with Gasteiger partial charge in [-0.25, -0.2) is 9.97 Å². The molecule has 5 nitrogen and oxygen atoms in total. The van der Waals surface area contributed by atoms with Gasteiger partial charge in [0.15, 0.2) is 5.65 Å². The van der Waals surface area contributed by atoms with Crippen molar-refractivity contribution in [1.29, 1.82) is 0 Å². The molecular weight excluding hydrogens is 228 g/mol. The van der Waals surface area contributed by atoms with Gasteiger partial charge in [0.2, 0.25) is 5.95 Å². The minimum atomic E-state index is 0.515. The number of hydrogen-bond donors (Lipinski definition) is 1. The van der Waals surface area contributed by atoms with Crippen LogP contribution in [0.25, 0.3) is 11.2 Å². The van der Waals surface area contributed by atoms with Crippen LogP contribution < -0.4 is 5.73 Å². The fourth-order valence-electron chi connectivity index (χ4n) is 2.50. The Morgan fingerprint density at radius 3 is 3.11 bits per heavy atom.